The smallest absolute Gasteiger partial charge is 0.258 e. The highest BCUT2D eigenvalue weighted by atomic mass is 19.1. The van der Waals surface area contributed by atoms with Crippen LogP contribution >= 0.6 is 0 Å². The van der Waals surface area contributed by atoms with Crippen LogP contribution in [0, 0.1) is 19.7 Å². The van der Waals surface area contributed by atoms with E-state index in [0.717, 1.165) is 23.1 Å². The number of hydrogen-bond donors (Lipinski definition) is 1. The maximum atomic E-state index is 13.6. The third kappa shape index (κ3) is 4.43. The first kappa shape index (κ1) is 20.9. The zero-order valence-electron chi connectivity index (χ0n) is 17.1. The highest BCUT2D eigenvalue weighted by Gasteiger charge is 2.15. The van der Waals surface area contributed by atoms with Crippen molar-refractivity contribution in [3.63, 3.8) is 0 Å². The molecule has 2 aromatic heterocycles. The minimum absolute atomic E-state index is 0.149. The Labute approximate surface area is 173 Å². The van der Waals surface area contributed by atoms with Crippen LogP contribution in [0.15, 0.2) is 54.1 Å². The molecule has 1 amide bonds. The number of rotatable bonds is 6. The van der Waals surface area contributed by atoms with E-state index in [1.807, 2.05) is 25.1 Å². The molecule has 0 aliphatic carbocycles. The predicted molar refractivity (Wildman–Crippen MR) is 112 cm³/mol. The van der Waals surface area contributed by atoms with Gasteiger partial charge in [0.15, 0.2) is 0 Å². The second-order valence-corrected chi connectivity index (χ2v) is 6.48. The van der Waals surface area contributed by atoms with E-state index in [4.69, 9.17) is 9.57 Å². The summed E-state index contributed by atoms with van der Waals surface area (Å²) in [6.07, 6.45) is 3.96. The first-order chi connectivity index (χ1) is 14.4. The number of halogens is 1. The van der Waals surface area contributed by atoms with Gasteiger partial charge < -0.3 is 14.9 Å². The summed E-state index contributed by atoms with van der Waals surface area (Å²) < 4.78 is 18.9. The molecule has 0 atom stereocenters. The summed E-state index contributed by atoms with van der Waals surface area (Å²) >= 11 is 0. The maximum Gasteiger partial charge on any atom is 0.258 e. The Kier molecular flexibility index (Phi) is 6.36. The van der Waals surface area contributed by atoms with E-state index in [1.54, 1.807) is 25.4 Å². The van der Waals surface area contributed by atoms with Crippen LogP contribution in [-0.4, -0.2) is 35.8 Å². The highest BCUT2D eigenvalue weighted by Crippen LogP contribution is 2.21. The minimum atomic E-state index is -0.541. The summed E-state index contributed by atoms with van der Waals surface area (Å²) in [5.74, 6) is 0.0275. The number of aryl methyl sites for hydroxylation is 1. The van der Waals surface area contributed by atoms with Crippen LogP contribution < -0.4 is 10.1 Å². The average molecular weight is 408 g/mol. The van der Waals surface area contributed by atoms with Crippen LogP contribution in [0.4, 0.5) is 10.2 Å². The lowest BCUT2D eigenvalue weighted by Crippen LogP contribution is -2.16. The molecule has 8 heteroatoms. The Bertz CT molecular complexity index is 1100. The number of ether oxygens (including phenoxy) is 1. The first-order valence-corrected chi connectivity index (χ1v) is 9.08. The summed E-state index contributed by atoms with van der Waals surface area (Å²) in [6, 6.07) is 9.03. The lowest BCUT2D eigenvalue weighted by atomic mass is 9.99. The molecule has 0 radical (unpaired) electrons. The monoisotopic (exact) mass is 408 g/mol. The maximum absolute atomic E-state index is 13.6. The molecule has 154 valence electrons. The number of carbonyl (C=O) groups is 1. The molecule has 0 spiro atoms. The molecule has 2 heterocycles. The van der Waals surface area contributed by atoms with E-state index in [0.29, 0.717) is 17.1 Å². The fourth-order valence-corrected chi connectivity index (χ4v) is 2.90. The van der Waals surface area contributed by atoms with Gasteiger partial charge in [0, 0.05) is 29.1 Å². The van der Waals surface area contributed by atoms with Crippen molar-refractivity contribution >= 4 is 17.4 Å². The topological polar surface area (TPSA) is 85.7 Å². The van der Waals surface area contributed by atoms with Crippen LogP contribution in [0.1, 0.15) is 32.6 Å². The Morgan fingerprint density at radius 2 is 1.87 bits per heavy atom. The lowest BCUT2D eigenvalue weighted by Gasteiger charge is -2.12. The second kappa shape index (κ2) is 9.13. The van der Waals surface area contributed by atoms with Crippen molar-refractivity contribution in [3.05, 3.63) is 82.6 Å². The van der Waals surface area contributed by atoms with Crippen LogP contribution in [0.2, 0.25) is 0 Å². The Balaban J connectivity index is 1.85. The molecule has 3 aromatic rings. The van der Waals surface area contributed by atoms with E-state index in [1.165, 1.54) is 20.2 Å². The molecule has 0 aliphatic rings. The van der Waals surface area contributed by atoms with Gasteiger partial charge in [-0.1, -0.05) is 5.16 Å². The van der Waals surface area contributed by atoms with Gasteiger partial charge in [0.1, 0.15) is 30.2 Å². The quantitative estimate of drug-likeness (QED) is 0.494. The van der Waals surface area contributed by atoms with Gasteiger partial charge >= 0.3 is 0 Å². The molecule has 0 saturated carbocycles. The summed E-state index contributed by atoms with van der Waals surface area (Å²) in [4.78, 5) is 25.4. The average Bonchev–Trinajstić information content (AvgIpc) is 2.75. The Hall–Kier alpha value is -3.81. The van der Waals surface area contributed by atoms with Gasteiger partial charge in [-0.15, -0.1) is 0 Å². The number of benzene rings is 1. The van der Waals surface area contributed by atoms with Crippen molar-refractivity contribution in [3.8, 4) is 5.75 Å². The number of carbonyl (C=O) groups excluding carboxylic acids is 1. The number of aromatic nitrogens is 2. The molecule has 1 N–H and O–H groups in total. The second-order valence-electron chi connectivity index (χ2n) is 6.48. The number of anilines is 1. The zero-order valence-corrected chi connectivity index (χ0v) is 17.1. The predicted octanol–water partition coefficient (Wildman–Crippen LogP) is 3.89. The summed E-state index contributed by atoms with van der Waals surface area (Å²) in [5, 5.41) is 6.79. The molecule has 0 unspecified atom stereocenters. The van der Waals surface area contributed by atoms with Gasteiger partial charge in [-0.25, -0.2) is 9.37 Å². The zero-order chi connectivity index (χ0) is 21.7. The van der Waals surface area contributed by atoms with Crippen LogP contribution in [0.5, 0.6) is 5.75 Å². The van der Waals surface area contributed by atoms with Crippen molar-refractivity contribution < 1.29 is 18.8 Å². The molecule has 0 saturated heterocycles. The van der Waals surface area contributed by atoms with Crippen LogP contribution in [-0.2, 0) is 4.84 Å². The molecular weight excluding hydrogens is 387 g/mol. The number of amides is 1. The molecule has 0 bridgehead atoms. The molecule has 0 fully saturated rings. The van der Waals surface area contributed by atoms with E-state index in [2.05, 4.69) is 20.4 Å². The summed E-state index contributed by atoms with van der Waals surface area (Å²) in [7, 11) is 3.08. The SMILES string of the molecule is CON=C(c1ccc(NC(=O)c2cncc(F)c2C)nc1)c1ccc(OC)cc1C. The van der Waals surface area contributed by atoms with E-state index >= 15 is 0 Å². The van der Waals surface area contributed by atoms with Gasteiger partial charge in [-0.2, -0.15) is 0 Å². The van der Waals surface area contributed by atoms with Gasteiger partial charge in [0.05, 0.1) is 18.9 Å². The van der Waals surface area contributed by atoms with Crippen LogP contribution in [0.3, 0.4) is 0 Å². The van der Waals surface area contributed by atoms with Crippen molar-refractivity contribution in [1.29, 1.82) is 0 Å². The molecule has 30 heavy (non-hydrogen) atoms. The summed E-state index contributed by atoms with van der Waals surface area (Å²) in [6.45, 7) is 3.47. The molecule has 3 rings (SSSR count). The third-order valence-electron chi connectivity index (χ3n) is 4.55. The first-order valence-electron chi connectivity index (χ1n) is 9.08. The van der Waals surface area contributed by atoms with E-state index in [9.17, 15) is 9.18 Å². The number of nitrogens with one attached hydrogen (secondary N) is 1. The number of methoxy groups -OCH3 is 1. The third-order valence-corrected chi connectivity index (χ3v) is 4.55. The largest absolute Gasteiger partial charge is 0.497 e. The van der Waals surface area contributed by atoms with E-state index < -0.39 is 11.7 Å². The fraction of sp³-hybridized carbons (Fsp3) is 0.182. The van der Waals surface area contributed by atoms with Crippen molar-refractivity contribution in [2.45, 2.75) is 13.8 Å². The lowest BCUT2D eigenvalue weighted by molar-refractivity contribution is 0.102. The Morgan fingerprint density at radius 3 is 2.50 bits per heavy atom. The molecule has 0 aliphatic heterocycles. The minimum Gasteiger partial charge on any atom is -0.497 e. The van der Waals surface area contributed by atoms with Crippen molar-refractivity contribution in [2.24, 2.45) is 5.16 Å². The Morgan fingerprint density at radius 1 is 1.07 bits per heavy atom. The van der Waals surface area contributed by atoms with Gasteiger partial charge in [-0.05, 0) is 49.7 Å². The van der Waals surface area contributed by atoms with Gasteiger partial charge in [-0.3, -0.25) is 9.78 Å². The van der Waals surface area contributed by atoms with Crippen LogP contribution in [0.25, 0.3) is 0 Å². The molecule has 1 aromatic carbocycles. The number of oxime groups is 1. The highest BCUT2D eigenvalue weighted by molar-refractivity contribution is 6.13. The van der Waals surface area contributed by atoms with Gasteiger partial charge in [0.25, 0.3) is 5.91 Å². The number of pyridine rings is 2. The standard InChI is InChI=1S/C22H21FN4O3/c1-13-9-16(29-3)6-7-17(13)21(27-30-4)15-5-8-20(25-10-15)26-22(28)18-11-24-12-19(23)14(18)2/h5-12H,1-4H3,(H,25,26,28). The number of nitrogens with zero attached hydrogens (tertiary/aromatic N) is 3. The molecule has 7 nitrogen and oxygen atoms in total. The van der Waals surface area contributed by atoms with Crippen molar-refractivity contribution in [2.75, 3.05) is 19.5 Å². The van der Waals surface area contributed by atoms with Gasteiger partial charge in [0.2, 0.25) is 0 Å². The molecular formula is C22H21FN4O3. The van der Waals surface area contributed by atoms with Crippen molar-refractivity contribution in [1.82, 2.24) is 9.97 Å². The number of hydrogen-bond acceptors (Lipinski definition) is 6. The normalized spacial score (nSPS) is 11.2. The van der Waals surface area contributed by atoms with E-state index in [-0.39, 0.29) is 11.1 Å². The summed E-state index contributed by atoms with van der Waals surface area (Å²) in [5.41, 5.74) is 3.48. The fourth-order valence-electron chi connectivity index (χ4n) is 2.90.